The van der Waals surface area contributed by atoms with E-state index in [1.807, 2.05) is 34.4 Å². The largest absolute Gasteiger partial charge is 0.346 e. The van der Waals surface area contributed by atoms with Gasteiger partial charge in [0.15, 0.2) is 5.54 Å². The second kappa shape index (κ2) is 6.44. The molecule has 0 bridgehead atoms. The van der Waals surface area contributed by atoms with E-state index in [2.05, 4.69) is 29.3 Å². The topological polar surface area (TPSA) is 96.4 Å². The summed E-state index contributed by atoms with van der Waals surface area (Å²) in [6, 6.07) is 1.93. The summed E-state index contributed by atoms with van der Waals surface area (Å²) in [6.07, 6.45) is 7.01. The number of nitrogens with one attached hydrogen (secondary N) is 1. The molecule has 1 fully saturated rings. The molecule has 9 nitrogen and oxygen atoms in total. The third kappa shape index (κ3) is 2.70. The number of fused-ring (bicyclic) bond motifs is 1. The fourth-order valence-electron chi connectivity index (χ4n) is 3.51. The van der Waals surface area contributed by atoms with E-state index in [-0.39, 0.29) is 6.54 Å². The lowest BCUT2D eigenvalue weighted by Crippen LogP contribution is -2.65. The third-order valence-corrected chi connectivity index (χ3v) is 7.46. The highest BCUT2D eigenvalue weighted by Gasteiger charge is 2.51. The predicted molar refractivity (Wildman–Crippen MR) is 103 cm³/mol. The number of aromatic amines is 1. The van der Waals surface area contributed by atoms with Crippen molar-refractivity contribution in [2.75, 3.05) is 32.4 Å². The molecule has 0 aliphatic carbocycles. The Kier molecular flexibility index (Phi) is 4.20. The van der Waals surface area contributed by atoms with Crippen LogP contribution in [0.15, 0.2) is 35.3 Å². The average molecular weight is 384 g/mol. The molecule has 0 radical (unpaired) electrons. The molecule has 0 unspecified atom stereocenters. The molecule has 4 rings (SSSR count). The van der Waals surface area contributed by atoms with Crippen molar-refractivity contribution >= 4 is 20.9 Å². The van der Waals surface area contributed by atoms with Crippen molar-refractivity contribution in [1.82, 2.24) is 29.0 Å². The van der Waals surface area contributed by atoms with Gasteiger partial charge in [0.1, 0.15) is 21.9 Å². The molecule has 140 valence electrons. The second-order valence-corrected chi connectivity index (χ2v) is 9.22. The number of hydrogen-bond donors (Lipinski definition) is 1. The monoisotopic (exact) mass is 384 g/mol. The molecule has 0 spiro atoms. The Hall–Kier alpha value is -2.77. The zero-order valence-corrected chi connectivity index (χ0v) is 16.0. The predicted octanol–water partition coefficient (Wildman–Crippen LogP) is 1.78. The van der Waals surface area contributed by atoms with Crippen molar-refractivity contribution in [1.29, 1.82) is 0 Å². The summed E-state index contributed by atoms with van der Waals surface area (Å²) in [5, 5.41) is 5.44. The van der Waals surface area contributed by atoms with Crippen LogP contribution in [-0.2, 0) is 15.5 Å². The zero-order valence-electron chi connectivity index (χ0n) is 15.2. The number of hydrogen-bond acceptors (Lipinski definition) is 5. The summed E-state index contributed by atoms with van der Waals surface area (Å²) >= 11 is 0. The summed E-state index contributed by atoms with van der Waals surface area (Å²) in [7, 11) is -0.794. The Balaban J connectivity index is 1.68. The van der Waals surface area contributed by atoms with Gasteiger partial charge < -0.3 is 9.83 Å². The maximum Gasteiger partial charge on any atom is 0.242 e. The van der Waals surface area contributed by atoms with E-state index in [0.717, 1.165) is 22.3 Å². The molecule has 1 N–H and O–H groups in total. The van der Waals surface area contributed by atoms with Crippen LogP contribution in [0.4, 0.5) is 0 Å². The Bertz CT molecular complexity index is 1140. The Morgan fingerprint density at radius 1 is 1.44 bits per heavy atom. The minimum Gasteiger partial charge on any atom is -0.346 e. The lowest BCUT2D eigenvalue weighted by molar-refractivity contribution is 0.0867. The zero-order chi connectivity index (χ0) is 19.1. The first kappa shape index (κ1) is 17.6. The highest BCUT2D eigenvalue weighted by atomic mass is 32.2. The van der Waals surface area contributed by atoms with Gasteiger partial charge in [-0.15, -0.1) is 0 Å². The fourth-order valence-corrected chi connectivity index (χ4v) is 5.25. The van der Waals surface area contributed by atoms with Gasteiger partial charge in [0.05, 0.1) is 11.9 Å². The van der Waals surface area contributed by atoms with E-state index in [1.165, 1.54) is 6.33 Å². The molecule has 1 atom stereocenters. The van der Waals surface area contributed by atoms with Crippen LogP contribution < -0.4 is 0 Å². The number of aromatic nitrogens is 5. The number of rotatable bonds is 5. The van der Waals surface area contributed by atoms with Gasteiger partial charge in [-0.25, -0.2) is 29.4 Å². The molecular weight excluding hydrogens is 364 g/mol. The van der Waals surface area contributed by atoms with Gasteiger partial charge in [-0.2, -0.15) is 5.10 Å². The quantitative estimate of drug-likeness (QED) is 0.678. The normalized spacial score (nSPS) is 18.6. The van der Waals surface area contributed by atoms with Crippen LogP contribution in [0.25, 0.3) is 27.1 Å². The summed E-state index contributed by atoms with van der Waals surface area (Å²) in [4.78, 5) is 15.3. The van der Waals surface area contributed by atoms with Crippen molar-refractivity contribution in [3.63, 3.8) is 0 Å². The molecule has 1 aliphatic heterocycles. The molecule has 0 saturated carbocycles. The van der Waals surface area contributed by atoms with Crippen LogP contribution in [0.2, 0.25) is 0 Å². The average Bonchev–Trinajstić information content (AvgIpc) is 3.33. The van der Waals surface area contributed by atoms with Crippen LogP contribution in [0.5, 0.6) is 0 Å². The minimum atomic E-state index is -2.38. The lowest BCUT2D eigenvalue weighted by atomic mass is 9.92. The molecule has 0 aromatic carbocycles. The minimum absolute atomic E-state index is 0.275. The standard InChI is InChI=1S/C17H20N8OS/c1-4-27(26,19-3)24-10-17(11-24,9-18-2)25-8-13(7-23-25)15-14-5-6-20-16(14)22-12-21-15/h5-8,12H,4,9-11H2,1,3H3,(H,20,21,22)/t27-/m1/s1. The van der Waals surface area contributed by atoms with Gasteiger partial charge in [0.25, 0.3) is 0 Å². The summed E-state index contributed by atoms with van der Waals surface area (Å²) in [5.41, 5.74) is 1.93. The van der Waals surface area contributed by atoms with Gasteiger partial charge >= 0.3 is 0 Å². The molecular formula is C17H20N8OS. The van der Waals surface area contributed by atoms with Crippen LogP contribution in [0, 0.1) is 6.57 Å². The van der Waals surface area contributed by atoms with Crippen molar-refractivity contribution < 1.29 is 4.21 Å². The summed E-state index contributed by atoms with van der Waals surface area (Å²) in [5.74, 6) is 0.467. The molecule has 4 heterocycles. The maximum atomic E-state index is 12.8. The van der Waals surface area contributed by atoms with E-state index in [4.69, 9.17) is 6.57 Å². The van der Waals surface area contributed by atoms with Gasteiger partial charge in [0, 0.05) is 49.2 Å². The number of H-pyrrole nitrogens is 1. The molecule has 1 saturated heterocycles. The SMILES string of the molecule is [C-]#[N+]CC1(n2cc(-c3ncnc4[nH]ccc34)cn2)CN([S@@](=O)(CC)=NC)C1. The Morgan fingerprint density at radius 3 is 2.96 bits per heavy atom. The molecule has 1 aliphatic rings. The number of nitrogens with zero attached hydrogens (tertiary/aromatic N) is 7. The molecule has 0 amide bonds. The van der Waals surface area contributed by atoms with E-state index >= 15 is 0 Å². The highest BCUT2D eigenvalue weighted by molar-refractivity contribution is 7.91. The van der Waals surface area contributed by atoms with Gasteiger partial charge in [-0.05, 0) is 6.07 Å². The third-order valence-electron chi connectivity index (χ3n) is 5.08. The van der Waals surface area contributed by atoms with Crippen molar-refractivity contribution in [2.24, 2.45) is 4.36 Å². The first-order valence-electron chi connectivity index (χ1n) is 8.60. The molecule has 27 heavy (non-hydrogen) atoms. The lowest BCUT2D eigenvalue weighted by Gasteiger charge is -2.47. The Labute approximate surface area is 157 Å². The highest BCUT2D eigenvalue weighted by Crippen LogP contribution is 2.34. The van der Waals surface area contributed by atoms with E-state index < -0.39 is 15.5 Å². The smallest absolute Gasteiger partial charge is 0.242 e. The van der Waals surface area contributed by atoms with Crippen LogP contribution >= 0.6 is 0 Å². The van der Waals surface area contributed by atoms with Crippen LogP contribution in [0.1, 0.15) is 6.92 Å². The van der Waals surface area contributed by atoms with E-state index in [9.17, 15) is 4.21 Å². The Morgan fingerprint density at radius 2 is 2.26 bits per heavy atom. The van der Waals surface area contributed by atoms with E-state index in [0.29, 0.717) is 18.8 Å². The second-order valence-electron chi connectivity index (χ2n) is 6.55. The molecule has 10 heteroatoms. The maximum absolute atomic E-state index is 12.8. The van der Waals surface area contributed by atoms with Crippen molar-refractivity contribution in [3.8, 4) is 11.3 Å². The van der Waals surface area contributed by atoms with Crippen molar-refractivity contribution in [3.05, 3.63) is 42.4 Å². The summed E-state index contributed by atoms with van der Waals surface area (Å²) in [6.45, 7) is 10.5. The van der Waals surface area contributed by atoms with Gasteiger partial charge in [-0.3, -0.25) is 4.68 Å². The van der Waals surface area contributed by atoms with Crippen molar-refractivity contribution in [2.45, 2.75) is 12.5 Å². The van der Waals surface area contributed by atoms with E-state index in [1.54, 1.807) is 13.2 Å². The van der Waals surface area contributed by atoms with Gasteiger partial charge in [-0.1, -0.05) is 6.92 Å². The van der Waals surface area contributed by atoms with Crippen LogP contribution in [-0.4, -0.2) is 65.7 Å². The molecule has 3 aromatic heterocycles. The van der Waals surface area contributed by atoms with Crippen LogP contribution in [0.3, 0.4) is 0 Å². The fraction of sp³-hybridized carbons (Fsp3) is 0.412. The first-order valence-corrected chi connectivity index (χ1v) is 10.2. The van der Waals surface area contributed by atoms with Gasteiger partial charge in [0.2, 0.25) is 6.54 Å². The first-order chi connectivity index (χ1) is 13.0. The summed E-state index contributed by atoms with van der Waals surface area (Å²) < 4.78 is 20.6. The molecule has 3 aromatic rings.